The summed E-state index contributed by atoms with van der Waals surface area (Å²) < 4.78 is 5.49. The minimum absolute atomic E-state index is 0.00756. The molecule has 106 valence electrons. The van der Waals surface area contributed by atoms with Crippen LogP contribution in [0.2, 0.25) is 0 Å². The summed E-state index contributed by atoms with van der Waals surface area (Å²) in [4.78, 5) is 11.9. The molecule has 1 aliphatic heterocycles. The molecule has 1 fully saturated rings. The number of morpholine rings is 1. The molecule has 2 rings (SSSR count). The van der Waals surface area contributed by atoms with Crippen molar-refractivity contribution in [1.29, 1.82) is 0 Å². The maximum atomic E-state index is 11.9. The number of carbonyl (C=O) groups is 1. The third-order valence-corrected chi connectivity index (χ3v) is 3.07. The van der Waals surface area contributed by atoms with E-state index in [1.165, 1.54) is 0 Å². The lowest BCUT2D eigenvalue weighted by Crippen LogP contribution is -2.40. The van der Waals surface area contributed by atoms with Crippen LogP contribution in [-0.4, -0.2) is 41.9 Å². The molecule has 6 nitrogen and oxygen atoms in total. The molecule has 0 radical (unpaired) electrons. The number of aromatic amines is 1. The van der Waals surface area contributed by atoms with Crippen molar-refractivity contribution < 1.29 is 9.53 Å². The Morgan fingerprint density at radius 1 is 1.58 bits per heavy atom. The fourth-order valence-electron chi connectivity index (χ4n) is 1.92. The Bertz CT molecular complexity index is 430. The highest BCUT2D eigenvalue weighted by atomic mass is 16.5. The van der Waals surface area contributed by atoms with E-state index in [2.05, 4.69) is 41.6 Å². The van der Waals surface area contributed by atoms with Gasteiger partial charge in [-0.2, -0.15) is 5.10 Å². The van der Waals surface area contributed by atoms with Crippen LogP contribution in [0, 0.1) is 0 Å². The molecule has 1 saturated heterocycles. The summed E-state index contributed by atoms with van der Waals surface area (Å²) in [6.45, 7) is 8.51. The van der Waals surface area contributed by atoms with Gasteiger partial charge < -0.3 is 15.4 Å². The fourth-order valence-corrected chi connectivity index (χ4v) is 1.92. The van der Waals surface area contributed by atoms with Crippen molar-refractivity contribution in [2.75, 3.05) is 25.0 Å². The zero-order valence-electron chi connectivity index (χ0n) is 11.7. The lowest BCUT2D eigenvalue weighted by Gasteiger charge is -2.22. The first-order chi connectivity index (χ1) is 8.95. The van der Waals surface area contributed by atoms with Crippen LogP contribution < -0.4 is 10.6 Å². The average molecular weight is 266 g/mol. The Balaban J connectivity index is 1.86. The maximum Gasteiger partial charge on any atom is 0.228 e. The number of aromatic nitrogens is 2. The summed E-state index contributed by atoms with van der Waals surface area (Å²) in [5, 5.41) is 13.0. The first-order valence-electron chi connectivity index (χ1n) is 6.63. The molecule has 6 heteroatoms. The van der Waals surface area contributed by atoms with Crippen LogP contribution in [0.3, 0.4) is 0 Å². The lowest BCUT2D eigenvalue weighted by molar-refractivity contribution is -0.119. The van der Waals surface area contributed by atoms with Crippen molar-refractivity contribution in [2.24, 2.45) is 0 Å². The van der Waals surface area contributed by atoms with Crippen molar-refractivity contribution in [3.8, 4) is 0 Å². The Labute approximate surface area is 113 Å². The van der Waals surface area contributed by atoms with E-state index in [1.54, 1.807) is 0 Å². The molecule has 0 bridgehead atoms. The van der Waals surface area contributed by atoms with Gasteiger partial charge in [0.25, 0.3) is 0 Å². The van der Waals surface area contributed by atoms with E-state index >= 15 is 0 Å². The number of amides is 1. The molecule has 1 aliphatic rings. The van der Waals surface area contributed by atoms with E-state index in [0.29, 0.717) is 18.8 Å². The van der Waals surface area contributed by atoms with Crippen molar-refractivity contribution in [3.63, 3.8) is 0 Å². The van der Waals surface area contributed by atoms with Crippen LogP contribution in [0.15, 0.2) is 6.07 Å². The molecule has 1 aromatic heterocycles. The molecular formula is C13H22N4O2. The van der Waals surface area contributed by atoms with Gasteiger partial charge in [-0.25, -0.2) is 0 Å². The van der Waals surface area contributed by atoms with Crippen molar-refractivity contribution in [2.45, 2.75) is 38.7 Å². The van der Waals surface area contributed by atoms with Gasteiger partial charge in [-0.1, -0.05) is 20.8 Å². The van der Waals surface area contributed by atoms with Gasteiger partial charge in [-0.3, -0.25) is 9.89 Å². The number of anilines is 1. The quantitative estimate of drug-likeness (QED) is 0.763. The summed E-state index contributed by atoms with van der Waals surface area (Å²) in [5.41, 5.74) is 0.991. The van der Waals surface area contributed by atoms with Crippen molar-refractivity contribution >= 4 is 11.7 Å². The molecule has 1 atom stereocenters. The minimum Gasteiger partial charge on any atom is -0.375 e. The maximum absolute atomic E-state index is 11.9. The second kappa shape index (κ2) is 5.71. The molecule has 19 heavy (non-hydrogen) atoms. The number of nitrogens with one attached hydrogen (secondary N) is 3. The van der Waals surface area contributed by atoms with Crippen LogP contribution >= 0.6 is 0 Å². The molecule has 0 saturated carbocycles. The number of hydrogen-bond donors (Lipinski definition) is 3. The van der Waals surface area contributed by atoms with Crippen LogP contribution in [-0.2, 0) is 14.9 Å². The summed E-state index contributed by atoms with van der Waals surface area (Å²) in [6, 6.07) is 1.87. The van der Waals surface area contributed by atoms with Gasteiger partial charge in [-0.05, 0) is 0 Å². The van der Waals surface area contributed by atoms with E-state index in [-0.39, 0.29) is 17.4 Å². The average Bonchev–Trinajstić information content (AvgIpc) is 2.78. The number of nitrogens with zero attached hydrogens (tertiary/aromatic N) is 1. The predicted octanol–water partition coefficient (Wildman–Crippen LogP) is 1.02. The smallest absolute Gasteiger partial charge is 0.228 e. The van der Waals surface area contributed by atoms with E-state index < -0.39 is 0 Å². The molecule has 1 aromatic rings. The zero-order valence-corrected chi connectivity index (χ0v) is 11.7. The predicted molar refractivity (Wildman–Crippen MR) is 73.1 cm³/mol. The molecule has 0 aromatic carbocycles. The Morgan fingerprint density at radius 3 is 2.95 bits per heavy atom. The van der Waals surface area contributed by atoms with Crippen LogP contribution in [0.1, 0.15) is 32.9 Å². The largest absolute Gasteiger partial charge is 0.375 e. The third-order valence-electron chi connectivity index (χ3n) is 3.07. The Kier molecular flexibility index (Phi) is 4.21. The molecular weight excluding hydrogens is 244 g/mol. The first kappa shape index (κ1) is 14.0. The summed E-state index contributed by atoms with van der Waals surface area (Å²) >= 11 is 0. The van der Waals surface area contributed by atoms with Crippen LogP contribution in [0.4, 0.5) is 5.82 Å². The van der Waals surface area contributed by atoms with Gasteiger partial charge in [0.2, 0.25) is 5.91 Å². The second-order valence-electron chi connectivity index (χ2n) is 5.87. The number of H-pyrrole nitrogens is 1. The number of rotatable bonds is 3. The number of hydrogen-bond acceptors (Lipinski definition) is 4. The lowest BCUT2D eigenvalue weighted by atomic mass is 9.92. The molecule has 0 spiro atoms. The third kappa shape index (κ3) is 4.04. The van der Waals surface area contributed by atoms with Crippen LogP contribution in [0.5, 0.6) is 0 Å². The van der Waals surface area contributed by atoms with Gasteiger partial charge in [0, 0.05) is 30.3 Å². The Morgan fingerprint density at radius 2 is 2.37 bits per heavy atom. The molecule has 1 unspecified atom stereocenters. The topological polar surface area (TPSA) is 79.0 Å². The molecule has 3 N–H and O–H groups in total. The van der Waals surface area contributed by atoms with Crippen molar-refractivity contribution in [1.82, 2.24) is 15.5 Å². The normalized spacial score (nSPS) is 20.3. The van der Waals surface area contributed by atoms with Gasteiger partial charge in [0.15, 0.2) is 5.82 Å². The van der Waals surface area contributed by atoms with Gasteiger partial charge in [0.1, 0.15) is 0 Å². The summed E-state index contributed by atoms with van der Waals surface area (Å²) in [6.07, 6.45) is 0.305. The highest BCUT2D eigenvalue weighted by Gasteiger charge is 2.20. The molecule has 0 aliphatic carbocycles. The second-order valence-corrected chi connectivity index (χ2v) is 5.87. The van der Waals surface area contributed by atoms with Gasteiger partial charge >= 0.3 is 0 Å². The monoisotopic (exact) mass is 266 g/mol. The Hall–Kier alpha value is -1.40. The fraction of sp³-hybridized carbons (Fsp3) is 0.692. The SMILES string of the molecule is CC(C)(C)c1cc(NC(=O)CC2CNCCO2)n[nH]1. The van der Waals surface area contributed by atoms with E-state index in [0.717, 1.165) is 18.8 Å². The first-order valence-corrected chi connectivity index (χ1v) is 6.63. The summed E-state index contributed by atoms with van der Waals surface area (Å²) in [7, 11) is 0. The highest BCUT2D eigenvalue weighted by molar-refractivity contribution is 5.90. The summed E-state index contributed by atoms with van der Waals surface area (Å²) in [5.74, 6) is 0.499. The van der Waals surface area contributed by atoms with E-state index in [9.17, 15) is 4.79 Å². The standard InChI is InChI=1S/C13H22N4O2/c1-13(2,3)10-7-11(17-16-10)15-12(18)6-9-8-14-4-5-19-9/h7,9,14H,4-6,8H2,1-3H3,(H2,15,16,17,18). The number of ether oxygens (including phenoxy) is 1. The van der Waals surface area contributed by atoms with Crippen molar-refractivity contribution in [3.05, 3.63) is 11.8 Å². The molecule has 2 heterocycles. The minimum atomic E-state index is -0.0688. The van der Waals surface area contributed by atoms with Gasteiger partial charge in [-0.15, -0.1) is 0 Å². The van der Waals surface area contributed by atoms with E-state index in [4.69, 9.17) is 4.74 Å². The zero-order chi connectivity index (χ0) is 13.9. The van der Waals surface area contributed by atoms with Gasteiger partial charge in [0.05, 0.1) is 19.1 Å². The van der Waals surface area contributed by atoms with Crippen LogP contribution in [0.25, 0.3) is 0 Å². The number of carbonyl (C=O) groups excluding carboxylic acids is 1. The highest BCUT2D eigenvalue weighted by Crippen LogP contribution is 2.22. The van der Waals surface area contributed by atoms with E-state index in [1.807, 2.05) is 6.07 Å². The molecule has 1 amide bonds.